The van der Waals surface area contributed by atoms with E-state index in [1.807, 2.05) is 35.7 Å². The highest BCUT2D eigenvalue weighted by Crippen LogP contribution is 2.17. The summed E-state index contributed by atoms with van der Waals surface area (Å²) in [6.07, 6.45) is 4.38. The third-order valence-electron chi connectivity index (χ3n) is 4.18. The Morgan fingerprint density at radius 3 is 2.73 bits per heavy atom. The van der Waals surface area contributed by atoms with E-state index in [2.05, 4.69) is 10.4 Å². The molecular formula is C15H25ClN4O2. The number of nitrogens with zero attached hydrogens (tertiary/aromatic N) is 3. The third kappa shape index (κ3) is 3.80. The average Bonchev–Trinajstić information content (AvgIpc) is 2.96. The molecule has 2 saturated heterocycles. The van der Waals surface area contributed by atoms with Crippen LogP contribution < -0.4 is 5.32 Å². The molecule has 2 aliphatic rings. The van der Waals surface area contributed by atoms with E-state index in [1.165, 1.54) is 0 Å². The maximum absolute atomic E-state index is 12.6. The van der Waals surface area contributed by atoms with Crippen molar-refractivity contribution < 1.29 is 9.53 Å². The van der Waals surface area contributed by atoms with Gasteiger partial charge in [0.15, 0.2) is 0 Å². The molecule has 1 aromatic heterocycles. The highest BCUT2D eigenvalue weighted by Gasteiger charge is 2.28. The van der Waals surface area contributed by atoms with Crippen LogP contribution in [-0.2, 0) is 4.74 Å². The van der Waals surface area contributed by atoms with Gasteiger partial charge < -0.3 is 15.0 Å². The van der Waals surface area contributed by atoms with Gasteiger partial charge in [0, 0.05) is 25.8 Å². The molecule has 3 atom stereocenters. The first-order valence-corrected chi connectivity index (χ1v) is 7.84. The molecule has 22 heavy (non-hydrogen) atoms. The van der Waals surface area contributed by atoms with Crippen molar-refractivity contribution in [2.45, 2.75) is 44.9 Å². The monoisotopic (exact) mass is 328 g/mol. The lowest BCUT2D eigenvalue weighted by molar-refractivity contribution is -0.0587. The summed E-state index contributed by atoms with van der Waals surface area (Å²) in [5, 5.41) is 7.88. The number of rotatable bonds is 2. The number of ether oxygens (including phenoxy) is 1. The normalized spacial score (nSPS) is 29.0. The number of halogens is 1. The van der Waals surface area contributed by atoms with E-state index in [1.54, 1.807) is 0 Å². The summed E-state index contributed by atoms with van der Waals surface area (Å²) in [4.78, 5) is 14.4. The lowest BCUT2D eigenvalue weighted by Gasteiger charge is -2.34. The molecule has 3 heterocycles. The number of hydrogen-bond donors (Lipinski definition) is 1. The predicted octanol–water partition coefficient (Wildman–Crippen LogP) is 1.48. The number of carbonyl (C=O) groups excluding carboxylic acids is 1. The largest absolute Gasteiger partial charge is 0.372 e. The quantitative estimate of drug-likeness (QED) is 0.893. The molecule has 0 saturated carbocycles. The Morgan fingerprint density at radius 1 is 1.36 bits per heavy atom. The van der Waals surface area contributed by atoms with Gasteiger partial charge in [0.2, 0.25) is 0 Å². The summed E-state index contributed by atoms with van der Waals surface area (Å²) >= 11 is 0. The molecule has 6 nitrogen and oxygen atoms in total. The molecule has 0 spiro atoms. The molecule has 0 aromatic carbocycles. The van der Waals surface area contributed by atoms with Crippen molar-refractivity contribution in [2.24, 2.45) is 0 Å². The van der Waals surface area contributed by atoms with Crippen molar-refractivity contribution in [2.75, 3.05) is 26.2 Å². The molecule has 1 aromatic rings. The van der Waals surface area contributed by atoms with Crippen LogP contribution in [0.5, 0.6) is 0 Å². The Morgan fingerprint density at radius 2 is 2.09 bits per heavy atom. The molecule has 0 bridgehead atoms. The summed E-state index contributed by atoms with van der Waals surface area (Å²) in [6.45, 7) is 7.29. The van der Waals surface area contributed by atoms with E-state index < -0.39 is 0 Å². The average molecular weight is 329 g/mol. The van der Waals surface area contributed by atoms with E-state index in [9.17, 15) is 4.79 Å². The summed E-state index contributed by atoms with van der Waals surface area (Å²) in [6, 6.07) is 2.20. The second-order valence-corrected chi connectivity index (χ2v) is 6.15. The Bertz CT molecular complexity index is 491. The van der Waals surface area contributed by atoms with Crippen molar-refractivity contribution in [3.05, 3.63) is 18.0 Å². The second kappa shape index (κ2) is 7.44. The van der Waals surface area contributed by atoms with E-state index in [4.69, 9.17) is 4.74 Å². The van der Waals surface area contributed by atoms with Gasteiger partial charge in [0.1, 0.15) is 5.69 Å². The van der Waals surface area contributed by atoms with Crippen LogP contribution in [0.25, 0.3) is 0 Å². The molecule has 7 heteroatoms. The molecule has 1 amide bonds. The van der Waals surface area contributed by atoms with Gasteiger partial charge in [-0.25, -0.2) is 0 Å². The van der Waals surface area contributed by atoms with Crippen LogP contribution in [0.3, 0.4) is 0 Å². The Balaban J connectivity index is 0.00000176. The molecule has 0 aliphatic carbocycles. The van der Waals surface area contributed by atoms with Crippen LogP contribution in [-0.4, -0.2) is 59.0 Å². The first kappa shape index (κ1) is 17.2. The molecule has 2 aliphatic heterocycles. The fourth-order valence-corrected chi connectivity index (χ4v) is 3.22. The van der Waals surface area contributed by atoms with Gasteiger partial charge in [-0.15, -0.1) is 12.4 Å². The zero-order valence-electron chi connectivity index (χ0n) is 13.2. The maximum Gasteiger partial charge on any atom is 0.274 e. The van der Waals surface area contributed by atoms with E-state index in [0.29, 0.717) is 24.8 Å². The molecule has 3 unspecified atom stereocenters. The fraction of sp³-hybridized carbons (Fsp3) is 0.733. The molecule has 0 radical (unpaired) electrons. The van der Waals surface area contributed by atoms with Crippen molar-refractivity contribution in [3.8, 4) is 0 Å². The summed E-state index contributed by atoms with van der Waals surface area (Å²) in [7, 11) is 0. The van der Waals surface area contributed by atoms with Gasteiger partial charge in [-0.05, 0) is 39.3 Å². The highest BCUT2D eigenvalue weighted by molar-refractivity contribution is 5.92. The lowest BCUT2D eigenvalue weighted by atomic mass is 10.1. The molecular weight excluding hydrogens is 304 g/mol. The van der Waals surface area contributed by atoms with Gasteiger partial charge in [-0.3, -0.25) is 9.48 Å². The zero-order chi connectivity index (χ0) is 14.8. The van der Waals surface area contributed by atoms with Crippen LogP contribution >= 0.6 is 12.4 Å². The number of piperidine rings is 1. The van der Waals surface area contributed by atoms with Crippen molar-refractivity contribution in [1.29, 1.82) is 0 Å². The topological polar surface area (TPSA) is 59.4 Å². The lowest BCUT2D eigenvalue weighted by Crippen LogP contribution is -2.48. The summed E-state index contributed by atoms with van der Waals surface area (Å²) < 4.78 is 7.61. The van der Waals surface area contributed by atoms with Crippen molar-refractivity contribution in [1.82, 2.24) is 20.0 Å². The van der Waals surface area contributed by atoms with Gasteiger partial charge in [-0.1, -0.05) is 0 Å². The van der Waals surface area contributed by atoms with Crippen molar-refractivity contribution in [3.63, 3.8) is 0 Å². The molecule has 3 rings (SSSR count). The minimum Gasteiger partial charge on any atom is -0.372 e. The smallest absolute Gasteiger partial charge is 0.274 e. The Labute approximate surface area is 137 Å². The maximum atomic E-state index is 12.6. The van der Waals surface area contributed by atoms with Crippen LogP contribution in [0, 0.1) is 0 Å². The van der Waals surface area contributed by atoms with E-state index in [-0.39, 0.29) is 30.5 Å². The van der Waals surface area contributed by atoms with Crippen LogP contribution in [0.1, 0.15) is 43.2 Å². The fourth-order valence-electron chi connectivity index (χ4n) is 3.22. The number of hydrogen-bond acceptors (Lipinski definition) is 4. The van der Waals surface area contributed by atoms with Gasteiger partial charge >= 0.3 is 0 Å². The first-order valence-electron chi connectivity index (χ1n) is 7.84. The number of nitrogens with one attached hydrogen (secondary N) is 1. The zero-order valence-corrected chi connectivity index (χ0v) is 14.0. The summed E-state index contributed by atoms with van der Waals surface area (Å²) in [5.41, 5.74) is 0.543. The van der Waals surface area contributed by atoms with Crippen LogP contribution in [0.15, 0.2) is 12.3 Å². The minimum absolute atomic E-state index is 0. The van der Waals surface area contributed by atoms with Crippen molar-refractivity contribution >= 4 is 18.3 Å². The Hall–Kier alpha value is -1.11. The van der Waals surface area contributed by atoms with Gasteiger partial charge in [0.05, 0.1) is 18.2 Å². The number of aromatic nitrogens is 2. The standard InChI is InChI=1S/C15H24N4O2.ClH/c1-11-9-18(10-12(2)21-11)15(20)14-5-7-19(17-14)13-4-3-6-16-8-13;/h5,7,11-13,16H,3-4,6,8-10H2,1-2H3;1H. The first-order chi connectivity index (χ1) is 10.1. The van der Waals surface area contributed by atoms with Gasteiger partial charge in [-0.2, -0.15) is 5.10 Å². The highest BCUT2D eigenvalue weighted by atomic mass is 35.5. The minimum atomic E-state index is 0. The SMILES string of the molecule is CC1CN(C(=O)c2ccn(C3CCCNC3)n2)CC(C)O1.Cl. The third-order valence-corrected chi connectivity index (χ3v) is 4.18. The van der Waals surface area contributed by atoms with Crippen LogP contribution in [0.2, 0.25) is 0 Å². The Kier molecular flexibility index (Phi) is 5.83. The second-order valence-electron chi connectivity index (χ2n) is 6.15. The number of amides is 1. The van der Waals surface area contributed by atoms with Gasteiger partial charge in [0.25, 0.3) is 5.91 Å². The van der Waals surface area contributed by atoms with E-state index in [0.717, 1.165) is 25.9 Å². The molecule has 1 N–H and O–H groups in total. The number of carbonyl (C=O) groups is 1. The predicted molar refractivity (Wildman–Crippen MR) is 86.5 cm³/mol. The molecule has 124 valence electrons. The van der Waals surface area contributed by atoms with Crippen LogP contribution in [0.4, 0.5) is 0 Å². The van der Waals surface area contributed by atoms with E-state index >= 15 is 0 Å². The molecule has 2 fully saturated rings. The number of morpholine rings is 1. The summed E-state index contributed by atoms with van der Waals surface area (Å²) in [5.74, 6) is 0.0134.